The number of hydrogen-bond donors (Lipinski definition) is 0. The lowest BCUT2D eigenvalue weighted by Crippen LogP contribution is -2.20. The molecular formula is C17H18N4S2. The lowest BCUT2D eigenvalue weighted by atomic mass is 10.1. The number of nitrogens with zero attached hydrogens (tertiary/aromatic N) is 4. The van der Waals surface area contributed by atoms with E-state index in [0.29, 0.717) is 0 Å². The van der Waals surface area contributed by atoms with Gasteiger partial charge in [-0.25, -0.2) is 15.0 Å². The molecule has 0 unspecified atom stereocenters. The van der Waals surface area contributed by atoms with Crippen LogP contribution in [0.5, 0.6) is 0 Å². The third kappa shape index (κ3) is 2.77. The molecule has 1 fully saturated rings. The van der Waals surface area contributed by atoms with Gasteiger partial charge in [0.1, 0.15) is 10.7 Å². The van der Waals surface area contributed by atoms with E-state index < -0.39 is 0 Å². The van der Waals surface area contributed by atoms with Crippen LogP contribution in [0.1, 0.15) is 23.4 Å². The van der Waals surface area contributed by atoms with Crippen LogP contribution >= 0.6 is 22.7 Å². The highest BCUT2D eigenvalue weighted by atomic mass is 32.1. The van der Waals surface area contributed by atoms with Crippen molar-refractivity contribution >= 4 is 28.6 Å². The summed E-state index contributed by atoms with van der Waals surface area (Å²) in [6, 6.07) is 2.12. The number of aromatic nitrogens is 3. The number of hydrogen-bond acceptors (Lipinski definition) is 6. The van der Waals surface area contributed by atoms with Gasteiger partial charge < -0.3 is 4.90 Å². The molecule has 0 aromatic carbocycles. The molecule has 4 heterocycles. The standard InChI is InChI=1S/C17H18N4S2/c1-11-12(2)23-16(19-11)15-14(13-5-8-22-10-13)9-18-17(20-15)21-6-3-4-7-21/h5,8-10H,3-4,6-7H2,1-2H3. The van der Waals surface area contributed by atoms with Crippen LogP contribution in [-0.4, -0.2) is 28.0 Å². The maximum absolute atomic E-state index is 4.90. The van der Waals surface area contributed by atoms with Crippen molar-refractivity contribution in [3.8, 4) is 21.8 Å². The molecule has 0 spiro atoms. The van der Waals surface area contributed by atoms with E-state index in [2.05, 4.69) is 40.6 Å². The Balaban J connectivity index is 1.86. The normalized spacial score (nSPS) is 14.6. The summed E-state index contributed by atoms with van der Waals surface area (Å²) in [6.45, 7) is 6.27. The Morgan fingerprint density at radius 2 is 1.96 bits per heavy atom. The Bertz CT molecular complexity index is 798. The van der Waals surface area contributed by atoms with E-state index in [0.717, 1.165) is 41.0 Å². The molecule has 3 aromatic rings. The molecular weight excluding hydrogens is 324 g/mol. The minimum atomic E-state index is 0.835. The fourth-order valence-corrected chi connectivity index (χ4v) is 4.38. The molecule has 3 aromatic heterocycles. The summed E-state index contributed by atoms with van der Waals surface area (Å²) in [5.41, 5.74) is 4.29. The maximum Gasteiger partial charge on any atom is 0.225 e. The molecule has 4 rings (SSSR count). The zero-order chi connectivity index (χ0) is 15.8. The number of anilines is 1. The van der Waals surface area contributed by atoms with Crippen LogP contribution in [0, 0.1) is 13.8 Å². The fraction of sp³-hybridized carbons (Fsp3) is 0.353. The first kappa shape index (κ1) is 14.8. The summed E-state index contributed by atoms with van der Waals surface area (Å²) in [4.78, 5) is 17.8. The van der Waals surface area contributed by atoms with E-state index in [4.69, 9.17) is 9.97 Å². The van der Waals surface area contributed by atoms with Crippen LogP contribution < -0.4 is 4.90 Å². The monoisotopic (exact) mass is 342 g/mol. The second-order valence-electron chi connectivity index (χ2n) is 5.80. The Labute approximate surface area is 143 Å². The molecule has 0 N–H and O–H groups in total. The predicted octanol–water partition coefficient (Wildman–Crippen LogP) is 4.55. The summed E-state index contributed by atoms with van der Waals surface area (Å²) in [7, 11) is 0. The minimum absolute atomic E-state index is 0.835. The topological polar surface area (TPSA) is 41.9 Å². The molecule has 118 valence electrons. The van der Waals surface area contributed by atoms with E-state index in [-0.39, 0.29) is 0 Å². The maximum atomic E-state index is 4.90. The second-order valence-corrected chi connectivity index (χ2v) is 7.78. The molecule has 1 saturated heterocycles. The van der Waals surface area contributed by atoms with Gasteiger partial charge in [-0.3, -0.25) is 0 Å². The zero-order valence-electron chi connectivity index (χ0n) is 13.2. The fourth-order valence-electron chi connectivity index (χ4n) is 2.81. The molecule has 0 bridgehead atoms. The minimum Gasteiger partial charge on any atom is -0.341 e. The molecule has 0 radical (unpaired) electrons. The second kappa shape index (κ2) is 6.02. The third-order valence-corrected chi connectivity index (χ3v) is 5.99. The molecule has 1 aliphatic rings. The van der Waals surface area contributed by atoms with Gasteiger partial charge in [0.15, 0.2) is 0 Å². The zero-order valence-corrected chi connectivity index (χ0v) is 14.9. The van der Waals surface area contributed by atoms with Crippen molar-refractivity contribution in [1.82, 2.24) is 15.0 Å². The van der Waals surface area contributed by atoms with Crippen LogP contribution in [0.3, 0.4) is 0 Å². The highest BCUT2D eigenvalue weighted by Gasteiger charge is 2.20. The van der Waals surface area contributed by atoms with E-state index in [9.17, 15) is 0 Å². The van der Waals surface area contributed by atoms with E-state index >= 15 is 0 Å². The highest BCUT2D eigenvalue weighted by Crippen LogP contribution is 2.35. The summed E-state index contributed by atoms with van der Waals surface area (Å²) >= 11 is 3.41. The molecule has 0 atom stereocenters. The summed E-state index contributed by atoms with van der Waals surface area (Å²) < 4.78 is 0. The first-order valence-electron chi connectivity index (χ1n) is 7.81. The van der Waals surface area contributed by atoms with Crippen molar-refractivity contribution < 1.29 is 0 Å². The van der Waals surface area contributed by atoms with E-state index in [1.165, 1.54) is 23.3 Å². The van der Waals surface area contributed by atoms with Crippen molar-refractivity contribution in [3.05, 3.63) is 33.6 Å². The van der Waals surface area contributed by atoms with Crippen LogP contribution in [0.2, 0.25) is 0 Å². The largest absolute Gasteiger partial charge is 0.341 e. The molecule has 0 amide bonds. The average molecular weight is 342 g/mol. The molecule has 4 nitrogen and oxygen atoms in total. The lowest BCUT2D eigenvalue weighted by molar-refractivity contribution is 0.900. The first-order valence-corrected chi connectivity index (χ1v) is 9.57. The number of thiazole rings is 1. The predicted molar refractivity (Wildman–Crippen MR) is 97.4 cm³/mol. The molecule has 6 heteroatoms. The number of thiophene rings is 1. The summed E-state index contributed by atoms with van der Waals surface area (Å²) in [5.74, 6) is 0.835. The van der Waals surface area contributed by atoms with Gasteiger partial charge in [-0.15, -0.1) is 11.3 Å². The Morgan fingerprint density at radius 3 is 2.61 bits per heavy atom. The van der Waals surface area contributed by atoms with Crippen LogP contribution in [0.4, 0.5) is 5.95 Å². The van der Waals surface area contributed by atoms with Crippen LogP contribution in [0.25, 0.3) is 21.8 Å². The van der Waals surface area contributed by atoms with Gasteiger partial charge >= 0.3 is 0 Å². The number of aryl methyl sites for hydroxylation is 2. The van der Waals surface area contributed by atoms with Crippen molar-refractivity contribution in [1.29, 1.82) is 0 Å². The average Bonchev–Trinajstić information content (AvgIpc) is 3.29. The van der Waals surface area contributed by atoms with Gasteiger partial charge in [-0.1, -0.05) is 0 Å². The van der Waals surface area contributed by atoms with Crippen molar-refractivity contribution in [2.45, 2.75) is 26.7 Å². The Morgan fingerprint density at radius 1 is 1.13 bits per heavy atom. The molecule has 0 saturated carbocycles. The van der Waals surface area contributed by atoms with Crippen LogP contribution in [-0.2, 0) is 0 Å². The van der Waals surface area contributed by atoms with Crippen molar-refractivity contribution in [2.75, 3.05) is 18.0 Å². The Kier molecular flexibility index (Phi) is 3.87. The van der Waals surface area contributed by atoms with Gasteiger partial charge in [0.25, 0.3) is 0 Å². The van der Waals surface area contributed by atoms with E-state index in [1.807, 2.05) is 6.20 Å². The van der Waals surface area contributed by atoms with Gasteiger partial charge in [0.2, 0.25) is 5.95 Å². The SMILES string of the molecule is Cc1nc(-c2nc(N3CCCC3)ncc2-c2ccsc2)sc1C. The summed E-state index contributed by atoms with van der Waals surface area (Å²) in [6.07, 6.45) is 4.41. The van der Waals surface area contributed by atoms with Gasteiger partial charge in [0, 0.05) is 29.7 Å². The van der Waals surface area contributed by atoms with E-state index in [1.54, 1.807) is 22.7 Å². The van der Waals surface area contributed by atoms with Gasteiger partial charge in [-0.2, -0.15) is 11.3 Å². The van der Waals surface area contributed by atoms with Crippen molar-refractivity contribution in [3.63, 3.8) is 0 Å². The molecule has 1 aliphatic heterocycles. The highest BCUT2D eigenvalue weighted by molar-refractivity contribution is 7.15. The lowest BCUT2D eigenvalue weighted by Gasteiger charge is -2.16. The first-order chi connectivity index (χ1) is 11.2. The van der Waals surface area contributed by atoms with Crippen molar-refractivity contribution in [2.24, 2.45) is 0 Å². The third-order valence-electron chi connectivity index (χ3n) is 4.23. The smallest absolute Gasteiger partial charge is 0.225 e. The molecule has 23 heavy (non-hydrogen) atoms. The molecule has 0 aliphatic carbocycles. The van der Waals surface area contributed by atoms with Gasteiger partial charge in [-0.05, 0) is 49.1 Å². The summed E-state index contributed by atoms with van der Waals surface area (Å²) in [5, 5.41) is 5.22. The Hall–Kier alpha value is -1.79. The quantitative estimate of drug-likeness (QED) is 0.700. The number of rotatable bonds is 3. The van der Waals surface area contributed by atoms with Crippen LogP contribution in [0.15, 0.2) is 23.0 Å². The van der Waals surface area contributed by atoms with Gasteiger partial charge in [0.05, 0.1) is 5.69 Å².